The molecule has 2 atom stereocenters. The quantitative estimate of drug-likeness (QED) is 0.679. The molecule has 144 valence electrons. The second-order valence-corrected chi connectivity index (χ2v) is 7.23. The summed E-state index contributed by atoms with van der Waals surface area (Å²) in [7, 11) is 1.99. The smallest absolute Gasteiger partial charge is 0.434 e. The number of alkyl halides is 3. The van der Waals surface area contributed by atoms with Crippen LogP contribution < -0.4 is 0 Å². The first-order chi connectivity index (χ1) is 12.8. The number of fused-ring (bicyclic) bond motifs is 2. The molecule has 3 aromatic rings. The Balaban J connectivity index is 1.43. The average molecular weight is 378 g/mol. The zero-order valence-corrected chi connectivity index (χ0v) is 15.2. The van der Waals surface area contributed by atoms with Crippen molar-refractivity contribution < 1.29 is 17.6 Å². The van der Waals surface area contributed by atoms with Crippen molar-refractivity contribution in [1.82, 2.24) is 19.4 Å². The van der Waals surface area contributed by atoms with E-state index >= 15 is 0 Å². The largest absolute Gasteiger partial charge is 0.439 e. The Morgan fingerprint density at radius 2 is 2.07 bits per heavy atom. The number of imidazole rings is 1. The molecule has 0 saturated carbocycles. The van der Waals surface area contributed by atoms with E-state index in [-0.39, 0.29) is 12.0 Å². The van der Waals surface area contributed by atoms with E-state index in [1.54, 1.807) is 4.57 Å². The molecule has 0 N–H and O–H groups in total. The molecule has 4 rings (SSSR count). The highest BCUT2D eigenvalue weighted by atomic mass is 19.4. The van der Waals surface area contributed by atoms with E-state index in [2.05, 4.69) is 14.9 Å². The number of hydrogen-bond donors (Lipinski definition) is 0. The van der Waals surface area contributed by atoms with Crippen LogP contribution in [0.25, 0.3) is 11.1 Å². The molecule has 5 nitrogen and oxygen atoms in total. The molecular formula is C19H21F3N4O. The molecule has 0 amide bonds. The molecule has 0 unspecified atom stereocenters. The van der Waals surface area contributed by atoms with E-state index in [0.717, 1.165) is 30.3 Å². The number of nitrogens with zero attached hydrogens (tertiary/aromatic N) is 4. The Labute approximate surface area is 154 Å². The van der Waals surface area contributed by atoms with Crippen molar-refractivity contribution in [2.24, 2.45) is 5.92 Å². The summed E-state index contributed by atoms with van der Waals surface area (Å²) in [5.41, 5.74) is 0.785. The van der Waals surface area contributed by atoms with Crippen LogP contribution in [-0.4, -0.2) is 33.0 Å². The number of benzene rings is 1. The number of rotatable bonds is 4. The van der Waals surface area contributed by atoms with E-state index in [4.69, 9.17) is 4.42 Å². The van der Waals surface area contributed by atoms with Crippen LogP contribution in [0.4, 0.5) is 13.2 Å². The Hall–Kier alpha value is -2.35. The Morgan fingerprint density at radius 1 is 1.30 bits per heavy atom. The fraction of sp³-hybridized carbons (Fsp3) is 0.474. The van der Waals surface area contributed by atoms with E-state index in [1.807, 2.05) is 38.2 Å². The highest BCUT2D eigenvalue weighted by molar-refractivity contribution is 5.72. The van der Waals surface area contributed by atoms with Crippen LogP contribution in [0.1, 0.15) is 36.8 Å². The van der Waals surface area contributed by atoms with Crippen LogP contribution >= 0.6 is 0 Å². The lowest BCUT2D eigenvalue weighted by atomic mass is 9.98. The van der Waals surface area contributed by atoms with E-state index in [0.29, 0.717) is 24.7 Å². The number of halogens is 3. The van der Waals surface area contributed by atoms with Crippen LogP contribution in [0, 0.1) is 5.92 Å². The lowest BCUT2D eigenvalue weighted by molar-refractivity contribution is -0.141. The molecule has 0 aliphatic carbocycles. The molecule has 8 heteroatoms. The van der Waals surface area contributed by atoms with E-state index < -0.39 is 11.9 Å². The summed E-state index contributed by atoms with van der Waals surface area (Å²) in [6, 6.07) is 7.61. The number of aryl methyl sites for hydroxylation is 1. The first kappa shape index (κ1) is 18.0. The molecule has 1 aromatic carbocycles. The standard InChI is InChI=1S/C19H21F3N4O/c1-12(18-23-14-5-3-4-6-15(14)27-18)25(2)9-13-7-8-17-24-16(19(20,21)22)11-26(17)10-13/h3-6,11-13H,7-10H2,1-2H3/t12-,13+/m0/s1. The molecule has 3 heterocycles. The maximum absolute atomic E-state index is 12.9. The van der Waals surface area contributed by atoms with Gasteiger partial charge in [0.2, 0.25) is 5.89 Å². The first-order valence-corrected chi connectivity index (χ1v) is 9.00. The van der Waals surface area contributed by atoms with Gasteiger partial charge in [-0.15, -0.1) is 0 Å². The van der Waals surface area contributed by atoms with Gasteiger partial charge in [0.05, 0.1) is 6.04 Å². The van der Waals surface area contributed by atoms with Gasteiger partial charge < -0.3 is 8.98 Å². The van der Waals surface area contributed by atoms with Gasteiger partial charge in [0, 0.05) is 25.7 Å². The number of para-hydroxylation sites is 2. The number of aromatic nitrogens is 3. The van der Waals surface area contributed by atoms with E-state index in [1.165, 1.54) is 0 Å². The molecule has 2 aromatic heterocycles. The second kappa shape index (κ2) is 6.67. The van der Waals surface area contributed by atoms with Gasteiger partial charge in [-0.05, 0) is 38.4 Å². The summed E-state index contributed by atoms with van der Waals surface area (Å²) >= 11 is 0. The van der Waals surface area contributed by atoms with Crippen molar-refractivity contribution >= 4 is 11.1 Å². The highest BCUT2D eigenvalue weighted by Crippen LogP contribution is 2.31. The van der Waals surface area contributed by atoms with Crippen LogP contribution in [-0.2, 0) is 19.1 Å². The molecule has 0 radical (unpaired) electrons. The molecule has 27 heavy (non-hydrogen) atoms. The van der Waals surface area contributed by atoms with Crippen LogP contribution in [0.5, 0.6) is 0 Å². The van der Waals surface area contributed by atoms with Gasteiger partial charge in [-0.1, -0.05) is 12.1 Å². The maximum atomic E-state index is 12.9. The van der Waals surface area contributed by atoms with Crippen LogP contribution in [0.15, 0.2) is 34.9 Å². The topological polar surface area (TPSA) is 47.1 Å². The summed E-state index contributed by atoms with van der Waals surface area (Å²) in [4.78, 5) is 10.4. The summed E-state index contributed by atoms with van der Waals surface area (Å²) in [5, 5.41) is 0. The van der Waals surface area contributed by atoms with Gasteiger partial charge in [0.1, 0.15) is 11.3 Å². The summed E-state index contributed by atoms with van der Waals surface area (Å²) in [6.45, 7) is 3.32. The molecule has 1 aliphatic heterocycles. The summed E-state index contributed by atoms with van der Waals surface area (Å²) in [6.07, 6.45) is -1.88. The zero-order valence-electron chi connectivity index (χ0n) is 15.2. The van der Waals surface area contributed by atoms with Crippen molar-refractivity contribution in [2.45, 2.75) is 38.5 Å². The minimum Gasteiger partial charge on any atom is -0.439 e. The number of hydrogen-bond acceptors (Lipinski definition) is 4. The fourth-order valence-electron chi connectivity index (χ4n) is 3.62. The van der Waals surface area contributed by atoms with Gasteiger partial charge in [-0.25, -0.2) is 9.97 Å². The Kier molecular flexibility index (Phi) is 4.46. The second-order valence-electron chi connectivity index (χ2n) is 7.23. The van der Waals surface area contributed by atoms with E-state index in [9.17, 15) is 13.2 Å². The minimum atomic E-state index is -4.39. The van der Waals surface area contributed by atoms with Crippen LogP contribution in [0.2, 0.25) is 0 Å². The van der Waals surface area contributed by atoms with Gasteiger partial charge in [0.15, 0.2) is 11.3 Å². The summed E-state index contributed by atoms with van der Waals surface area (Å²) < 4.78 is 46.1. The monoisotopic (exact) mass is 378 g/mol. The predicted molar refractivity (Wildman–Crippen MR) is 94.1 cm³/mol. The fourth-order valence-corrected chi connectivity index (χ4v) is 3.62. The molecule has 0 spiro atoms. The van der Waals surface area contributed by atoms with Gasteiger partial charge in [-0.2, -0.15) is 13.2 Å². The summed E-state index contributed by atoms with van der Waals surface area (Å²) in [5.74, 6) is 1.43. The molecule has 0 bridgehead atoms. The van der Waals surface area contributed by atoms with Crippen molar-refractivity contribution in [3.63, 3.8) is 0 Å². The molecule has 0 fully saturated rings. The van der Waals surface area contributed by atoms with Gasteiger partial charge in [-0.3, -0.25) is 4.90 Å². The maximum Gasteiger partial charge on any atom is 0.434 e. The minimum absolute atomic E-state index is 0.0210. The van der Waals surface area contributed by atoms with Gasteiger partial charge >= 0.3 is 6.18 Å². The third kappa shape index (κ3) is 3.58. The predicted octanol–water partition coefficient (Wildman–Crippen LogP) is 4.30. The molecular weight excluding hydrogens is 357 g/mol. The lowest BCUT2D eigenvalue weighted by Crippen LogP contribution is -2.33. The van der Waals surface area contributed by atoms with Gasteiger partial charge in [0.25, 0.3) is 0 Å². The van der Waals surface area contributed by atoms with Crippen LogP contribution in [0.3, 0.4) is 0 Å². The Morgan fingerprint density at radius 3 is 2.81 bits per heavy atom. The van der Waals surface area contributed by atoms with Crippen molar-refractivity contribution in [3.8, 4) is 0 Å². The zero-order chi connectivity index (χ0) is 19.2. The third-order valence-corrected chi connectivity index (χ3v) is 5.26. The third-order valence-electron chi connectivity index (χ3n) is 5.26. The Bertz CT molecular complexity index is 913. The average Bonchev–Trinajstić information content (AvgIpc) is 3.24. The SMILES string of the molecule is C[C@@H](c1nc2ccccc2o1)N(C)C[C@H]1CCc2nc(C(F)(F)F)cn2C1. The lowest BCUT2D eigenvalue weighted by Gasteiger charge is -2.30. The molecule has 0 saturated heterocycles. The molecule has 1 aliphatic rings. The van der Waals surface area contributed by atoms with Crippen molar-refractivity contribution in [1.29, 1.82) is 0 Å². The van der Waals surface area contributed by atoms with Crippen molar-refractivity contribution in [2.75, 3.05) is 13.6 Å². The first-order valence-electron chi connectivity index (χ1n) is 9.00. The highest BCUT2D eigenvalue weighted by Gasteiger charge is 2.36. The number of oxazole rings is 1. The normalized spacial score (nSPS) is 18.8. The van der Waals surface area contributed by atoms with Crippen molar-refractivity contribution in [3.05, 3.63) is 47.9 Å².